The number of carbonyl (C=O) groups is 1. The molecule has 1 aromatic heterocycles. The van der Waals surface area contributed by atoms with Crippen molar-refractivity contribution in [3.8, 4) is 6.07 Å². The fourth-order valence-electron chi connectivity index (χ4n) is 2.94. The molecule has 0 aliphatic heterocycles. The lowest BCUT2D eigenvalue weighted by Gasteiger charge is -2.15. The summed E-state index contributed by atoms with van der Waals surface area (Å²) in [5, 5.41) is 21.2. The van der Waals surface area contributed by atoms with E-state index in [1.807, 2.05) is 13.8 Å². The van der Waals surface area contributed by atoms with Gasteiger partial charge in [0, 0.05) is 11.7 Å². The Kier molecular flexibility index (Phi) is 4.73. The maximum atomic E-state index is 13.2. The van der Waals surface area contributed by atoms with E-state index in [9.17, 15) is 18.0 Å². The van der Waals surface area contributed by atoms with Crippen LogP contribution in [0.4, 0.5) is 24.8 Å². The average molecular weight is 388 g/mol. The van der Waals surface area contributed by atoms with Crippen LogP contribution in [-0.2, 0) is 6.18 Å². The predicted molar refractivity (Wildman–Crippen MR) is 96.5 cm³/mol. The predicted octanol–water partition coefficient (Wildman–Crippen LogP) is 4.95. The monoisotopic (exact) mass is 388 g/mol. The highest BCUT2D eigenvalue weighted by Gasteiger charge is 2.34. The van der Waals surface area contributed by atoms with Crippen LogP contribution in [-0.4, -0.2) is 20.6 Å². The minimum Gasteiger partial charge on any atom is -0.478 e. The van der Waals surface area contributed by atoms with Crippen molar-refractivity contribution < 1.29 is 23.1 Å². The van der Waals surface area contributed by atoms with Crippen molar-refractivity contribution >= 4 is 28.6 Å². The van der Waals surface area contributed by atoms with Crippen LogP contribution in [0.3, 0.4) is 0 Å². The molecule has 0 amide bonds. The van der Waals surface area contributed by atoms with Gasteiger partial charge in [-0.1, -0.05) is 6.07 Å². The van der Waals surface area contributed by atoms with E-state index >= 15 is 0 Å². The Morgan fingerprint density at radius 1 is 1.29 bits per heavy atom. The van der Waals surface area contributed by atoms with Crippen LogP contribution in [0.25, 0.3) is 11.0 Å². The summed E-state index contributed by atoms with van der Waals surface area (Å²) in [4.78, 5) is 15.4. The molecule has 2 aromatic carbocycles. The number of anilines is 2. The molecule has 2 N–H and O–H groups in total. The average Bonchev–Trinajstić information content (AvgIpc) is 2.96. The molecule has 1 heterocycles. The summed E-state index contributed by atoms with van der Waals surface area (Å²) >= 11 is 0. The normalized spacial score (nSPS) is 11.6. The Labute approximate surface area is 157 Å². The van der Waals surface area contributed by atoms with Gasteiger partial charge < -0.3 is 15.0 Å². The summed E-state index contributed by atoms with van der Waals surface area (Å²) in [6.45, 7) is 3.65. The maximum Gasteiger partial charge on any atom is 0.417 e. The zero-order chi connectivity index (χ0) is 20.6. The summed E-state index contributed by atoms with van der Waals surface area (Å²) in [7, 11) is 0. The molecule has 0 saturated heterocycles. The van der Waals surface area contributed by atoms with Gasteiger partial charge in [-0.05, 0) is 44.2 Å². The summed E-state index contributed by atoms with van der Waals surface area (Å²) in [6.07, 6.45) is -4.68. The molecule has 0 unspecified atom stereocenters. The Balaban J connectivity index is 2.18. The Hall–Kier alpha value is -3.54. The fourth-order valence-corrected chi connectivity index (χ4v) is 2.94. The molecule has 0 aliphatic rings. The molecule has 0 radical (unpaired) electrons. The lowest BCUT2D eigenvalue weighted by atomic mass is 10.1. The van der Waals surface area contributed by atoms with Gasteiger partial charge in [-0.25, -0.2) is 9.78 Å². The number of hydrogen-bond acceptors (Lipinski definition) is 4. The van der Waals surface area contributed by atoms with E-state index in [0.29, 0.717) is 11.2 Å². The zero-order valence-electron chi connectivity index (χ0n) is 14.9. The van der Waals surface area contributed by atoms with Gasteiger partial charge in [-0.15, -0.1) is 0 Å². The van der Waals surface area contributed by atoms with Gasteiger partial charge in [-0.2, -0.15) is 18.4 Å². The molecule has 6 nitrogen and oxygen atoms in total. The molecule has 144 valence electrons. The lowest BCUT2D eigenvalue weighted by molar-refractivity contribution is -0.137. The van der Waals surface area contributed by atoms with Gasteiger partial charge in [0.25, 0.3) is 0 Å². The standard InChI is InChI=1S/C19H15F3N4O2/c1-10(2)26-16-7-12(9-23)14(19(20,21)22)8-15(16)25-18(26)24-13-5-3-4-11(6-13)17(27)28/h3-8,10H,1-2H3,(H,24,25)(H,27,28). The van der Waals surface area contributed by atoms with E-state index in [0.717, 1.165) is 6.07 Å². The topological polar surface area (TPSA) is 90.9 Å². The van der Waals surface area contributed by atoms with Crippen molar-refractivity contribution in [2.24, 2.45) is 0 Å². The molecule has 0 atom stereocenters. The van der Waals surface area contributed by atoms with Crippen LogP contribution in [0.15, 0.2) is 36.4 Å². The van der Waals surface area contributed by atoms with Gasteiger partial charge in [0.05, 0.1) is 33.8 Å². The molecular formula is C19H15F3N4O2. The number of nitrogens with one attached hydrogen (secondary N) is 1. The Morgan fingerprint density at radius 3 is 2.57 bits per heavy atom. The molecule has 0 saturated carbocycles. The molecule has 9 heteroatoms. The first-order valence-corrected chi connectivity index (χ1v) is 8.25. The number of hydrogen-bond donors (Lipinski definition) is 2. The first-order chi connectivity index (χ1) is 13.1. The van der Waals surface area contributed by atoms with Gasteiger partial charge in [0.1, 0.15) is 0 Å². The van der Waals surface area contributed by atoms with Crippen LogP contribution in [0, 0.1) is 11.3 Å². The molecule has 3 aromatic rings. The van der Waals surface area contributed by atoms with Gasteiger partial charge in [0.15, 0.2) is 0 Å². The van der Waals surface area contributed by atoms with Crippen LogP contribution in [0.5, 0.6) is 0 Å². The number of fused-ring (bicyclic) bond motifs is 1. The fraction of sp³-hybridized carbons (Fsp3) is 0.211. The van der Waals surface area contributed by atoms with Crippen LogP contribution < -0.4 is 5.32 Å². The molecular weight excluding hydrogens is 373 g/mol. The highest BCUT2D eigenvalue weighted by Crippen LogP contribution is 2.36. The molecule has 3 rings (SSSR count). The third-order valence-corrected chi connectivity index (χ3v) is 4.14. The molecule has 0 bridgehead atoms. The maximum absolute atomic E-state index is 13.2. The first-order valence-electron chi connectivity index (χ1n) is 8.25. The second-order valence-electron chi connectivity index (χ2n) is 6.41. The third-order valence-electron chi connectivity index (χ3n) is 4.14. The van der Waals surface area contributed by atoms with Crippen molar-refractivity contribution in [3.63, 3.8) is 0 Å². The molecule has 0 spiro atoms. The third kappa shape index (κ3) is 3.49. The number of nitriles is 1. The number of carboxylic acids is 1. The summed E-state index contributed by atoms with van der Waals surface area (Å²) in [5.74, 6) is -0.856. The summed E-state index contributed by atoms with van der Waals surface area (Å²) < 4.78 is 41.4. The second-order valence-corrected chi connectivity index (χ2v) is 6.41. The largest absolute Gasteiger partial charge is 0.478 e. The van der Waals surface area contributed by atoms with Crippen molar-refractivity contribution in [1.29, 1.82) is 5.26 Å². The summed E-state index contributed by atoms with van der Waals surface area (Å²) in [6, 6.07) is 9.42. The van der Waals surface area contributed by atoms with Crippen LogP contribution >= 0.6 is 0 Å². The Morgan fingerprint density at radius 2 is 2.00 bits per heavy atom. The number of benzene rings is 2. The Bertz CT molecular complexity index is 1110. The lowest BCUT2D eigenvalue weighted by Crippen LogP contribution is -2.09. The van der Waals surface area contributed by atoms with Crippen LogP contribution in [0.2, 0.25) is 0 Å². The van der Waals surface area contributed by atoms with Crippen molar-refractivity contribution in [3.05, 3.63) is 53.1 Å². The molecule has 28 heavy (non-hydrogen) atoms. The van der Waals surface area contributed by atoms with Gasteiger partial charge in [0.2, 0.25) is 5.95 Å². The van der Waals surface area contributed by atoms with Crippen molar-refractivity contribution in [1.82, 2.24) is 9.55 Å². The minimum atomic E-state index is -4.68. The zero-order valence-corrected chi connectivity index (χ0v) is 14.9. The number of aromatic carboxylic acids is 1. The smallest absolute Gasteiger partial charge is 0.417 e. The number of nitrogens with zero attached hydrogens (tertiary/aromatic N) is 3. The van der Waals surface area contributed by atoms with Crippen molar-refractivity contribution in [2.75, 3.05) is 5.32 Å². The van der Waals surface area contributed by atoms with E-state index in [4.69, 9.17) is 10.4 Å². The number of alkyl halides is 3. The van der Waals surface area contributed by atoms with Gasteiger partial charge in [-0.3, -0.25) is 0 Å². The number of carboxylic acid groups (broad SMARTS) is 1. The quantitative estimate of drug-likeness (QED) is 0.660. The van der Waals surface area contributed by atoms with Crippen LogP contribution in [0.1, 0.15) is 41.4 Å². The minimum absolute atomic E-state index is 0.0586. The molecule has 0 aliphatic carbocycles. The molecule has 0 fully saturated rings. The SMILES string of the molecule is CC(C)n1c(Nc2cccc(C(=O)O)c2)nc2cc(C(F)(F)F)c(C#N)cc21. The number of rotatable bonds is 4. The van der Waals surface area contributed by atoms with E-state index in [-0.39, 0.29) is 23.1 Å². The van der Waals surface area contributed by atoms with Gasteiger partial charge >= 0.3 is 12.1 Å². The highest BCUT2D eigenvalue weighted by atomic mass is 19.4. The highest BCUT2D eigenvalue weighted by molar-refractivity contribution is 5.89. The van der Waals surface area contributed by atoms with E-state index in [1.165, 1.54) is 18.2 Å². The van der Waals surface area contributed by atoms with E-state index in [2.05, 4.69) is 10.3 Å². The first kappa shape index (κ1) is 19.2. The summed E-state index contributed by atoms with van der Waals surface area (Å²) in [5.41, 5.74) is -0.595. The van der Waals surface area contributed by atoms with Crippen molar-refractivity contribution in [2.45, 2.75) is 26.1 Å². The second kappa shape index (κ2) is 6.88. The van der Waals surface area contributed by atoms with E-state index in [1.54, 1.807) is 22.8 Å². The number of halogens is 3. The number of aromatic nitrogens is 2. The van der Waals surface area contributed by atoms with E-state index < -0.39 is 23.3 Å². The number of imidazole rings is 1.